The molecule has 0 radical (unpaired) electrons. The van der Waals surface area contributed by atoms with E-state index in [0.29, 0.717) is 44.9 Å². The van der Waals surface area contributed by atoms with Gasteiger partial charge in [0.05, 0.1) is 50.5 Å². The van der Waals surface area contributed by atoms with Crippen LogP contribution in [0.4, 0.5) is 0 Å². The topological polar surface area (TPSA) is 342 Å². The van der Waals surface area contributed by atoms with Crippen molar-refractivity contribution in [3.63, 3.8) is 0 Å². The monoisotopic (exact) mass is 1000 g/mol. The van der Waals surface area contributed by atoms with Crippen LogP contribution in [0.1, 0.15) is 98.8 Å². The van der Waals surface area contributed by atoms with Gasteiger partial charge in [-0.25, -0.2) is 0 Å². The lowest BCUT2D eigenvalue weighted by Gasteiger charge is -2.71. The molecule has 4 saturated carbocycles. The third kappa shape index (κ3) is 8.24. The number of rotatable bonds is 11. The Morgan fingerprint density at radius 1 is 0.614 bits per heavy atom. The van der Waals surface area contributed by atoms with Gasteiger partial charge in [0.25, 0.3) is 0 Å². The summed E-state index contributed by atoms with van der Waals surface area (Å²) < 4.78 is 40.7. The first-order valence-electron chi connectivity index (χ1n) is 25.1. The molecule has 8 rings (SSSR count). The van der Waals surface area contributed by atoms with Crippen LogP contribution in [0.15, 0.2) is 11.6 Å². The maximum Gasteiger partial charge on any atom is 0.315 e. The summed E-state index contributed by atoms with van der Waals surface area (Å²) in [6.45, 7) is 8.22. The molecular formula is C49H78O21. The Labute approximate surface area is 407 Å². The van der Waals surface area contributed by atoms with Gasteiger partial charge in [-0.1, -0.05) is 39.3 Å². The fraction of sp³-hybridized carbons (Fsp3) is 0.918. The molecule has 3 aliphatic heterocycles. The molecule has 0 aromatic heterocycles. The zero-order valence-corrected chi connectivity index (χ0v) is 41.0. The van der Waals surface area contributed by atoms with Crippen molar-refractivity contribution >= 4 is 11.9 Å². The molecule has 3 saturated heterocycles. The third-order valence-corrected chi connectivity index (χ3v) is 19.9. The molecule has 21 heteroatoms. The number of aliphatic hydroxyl groups excluding tert-OH is 12. The maximum absolute atomic E-state index is 14.8. The van der Waals surface area contributed by atoms with E-state index in [0.717, 1.165) is 12.0 Å². The van der Waals surface area contributed by atoms with Crippen LogP contribution in [0.25, 0.3) is 0 Å². The summed E-state index contributed by atoms with van der Waals surface area (Å²) in [5.74, 6) is -1.58. The SMILES string of the molecule is COC(=O)[C@@]1(C)CC[C@]2(C(=O)O[C@@H]3O[C@H](CO)[C@@H](O)[C@H](O)[C@H]3O)CC[C@]3(C)C(=CC[C@@H]4[C@@]5(C)CC[C@H](O[C@@H]6O[C@H](CO)[C@@H](O[C@@H]7O[C@H](CO)[C@@H](O)[C@H](O)[C@H]7O)[C@H](O)[C@H]6O)[C@@](C)(CO)[C@@H]5CC[C@]43C)[C@@H]2C1. The predicted molar refractivity (Wildman–Crippen MR) is 238 cm³/mol. The summed E-state index contributed by atoms with van der Waals surface area (Å²) in [5, 5.41) is 127. The first-order valence-corrected chi connectivity index (χ1v) is 25.1. The maximum atomic E-state index is 14.8. The number of hydrogen-bond donors (Lipinski definition) is 12. The number of esters is 2. The normalized spacial score (nSPS) is 53.6. The molecule has 70 heavy (non-hydrogen) atoms. The first-order chi connectivity index (χ1) is 32.9. The fourth-order valence-electron chi connectivity index (χ4n) is 15.3. The van der Waals surface area contributed by atoms with Crippen molar-refractivity contribution in [2.45, 2.75) is 197 Å². The molecule has 25 atom stereocenters. The van der Waals surface area contributed by atoms with Crippen LogP contribution in [-0.4, -0.2) is 205 Å². The van der Waals surface area contributed by atoms with Gasteiger partial charge in [0.2, 0.25) is 6.29 Å². The van der Waals surface area contributed by atoms with Crippen molar-refractivity contribution in [2.75, 3.05) is 33.5 Å². The summed E-state index contributed by atoms with van der Waals surface area (Å²) in [6, 6.07) is 0. The highest BCUT2D eigenvalue weighted by atomic mass is 16.7. The van der Waals surface area contributed by atoms with Crippen molar-refractivity contribution in [3.05, 3.63) is 11.6 Å². The van der Waals surface area contributed by atoms with E-state index in [1.807, 2.05) is 13.8 Å². The Balaban J connectivity index is 1.04. The van der Waals surface area contributed by atoms with Gasteiger partial charge in [-0.3, -0.25) is 9.59 Å². The second-order valence-corrected chi connectivity index (χ2v) is 23.2. The van der Waals surface area contributed by atoms with Gasteiger partial charge < -0.3 is 94.4 Å². The van der Waals surface area contributed by atoms with E-state index < -0.39 is 152 Å². The fourth-order valence-corrected chi connectivity index (χ4v) is 15.3. The average molecular weight is 1000 g/mol. The lowest BCUT2D eigenvalue weighted by Crippen LogP contribution is -2.67. The number of allylic oxidation sites excluding steroid dienone is 2. The zero-order chi connectivity index (χ0) is 51.3. The summed E-state index contributed by atoms with van der Waals surface area (Å²) in [5.41, 5.74) is -3.13. The van der Waals surface area contributed by atoms with Crippen LogP contribution in [0.3, 0.4) is 0 Å². The van der Waals surface area contributed by atoms with Crippen molar-refractivity contribution in [1.29, 1.82) is 0 Å². The Kier molecular flexibility index (Phi) is 15.2. The van der Waals surface area contributed by atoms with Gasteiger partial charge in [-0.15, -0.1) is 0 Å². The highest BCUT2D eigenvalue weighted by molar-refractivity contribution is 5.81. The number of methoxy groups -OCH3 is 1. The van der Waals surface area contributed by atoms with Crippen LogP contribution in [0, 0.1) is 50.2 Å². The van der Waals surface area contributed by atoms with Gasteiger partial charge in [0, 0.05) is 5.41 Å². The minimum absolute atomic E-state index is 0.0703. The summed E-state index contributed by atoms with van der Waals surface area (Å²) in [6.07, 6.45) is -17.7. The number of carbonyl (C=O) groups excluding carboxylic acids is 2. The van der Waals surface area contributed by atoms with Crippen LogP contribution in [0.5, 0.6) is 0 Å². The minimum atomic E-state index is -1.82. The molecule has 7 fully saturated rings. The number of ether oxygens (including phenoxy) is 7. The Hall–Kier alpha value is -2.00. The van der Waals surface area contributed by atoms with E-state index in [9.17, 15) is 70.9 Å². The molecule has 3 heterocycles. The van der Waals surface area contributed by atoms with Gasteiger partial charge in [-0.2, -0.15) is 0 Å². The van der Waals surface area contributed by atoms with Crippen LogP contribution in [-0.2, 0) is 42.7 Å². The van der Waals surface area contributed by atoms with E-state index in [2.05, 4.69) is 26.8 Å². The van der Waals surface area contributed by atoms with Crippen molar-refractivity contribution in [2.24, 2.45) is 50.2 Å². The van der Waals surface area contributed by atoms with Crippen molar-refractivity contribution in [1.82, 2.24) is 0 Å². The highest BCUT2D eigenvalue weighted by Gasteiger charge is 2.71. The summed E-state index contributed by atoms with van der Waals surface area (Å²) in [7, 11) is 1.35. The lowest BCUT2D eigenvalue weighted by atomic mass is 9.33. The second kappa shape index (κ2) is 19.6. The van der Waals surface area contributed by atoms with Crippen molar-refractivity contribution < 1.29 is 104 Å². The van der Waals surface area contributed by atoms with E-state index >= 15 is 0 Å². The molecule has 0 aromatic carbocycles. The van der Waals surface area contributed by atoms with E-state index in [1.54, 1.807) is 0 Å². The predicted octanol–water partition coefficient (Wildman–Crippen LogP) is -1.73. The largest absolute Gasteiger partial charge is 0.469 e. The quantitative estimate of drug-likeness (QED) is 0.0621. The smallest absolute Gasteiger partial charge is 0.315 e. The van der Waals surface area contributed by atoms with Gasteiger partial charge in [-0.05, 0) is 105 Å². The molecule has 400 valence electrons. The van der Waals surface area contributed by atoms with Gasteiger partial charge in [0.1, 0.15) is 73.2 Å². The number of hydrogen-bond acceptors (Lipinski definition) is 21. The van der Waals surface area contributed by atoms with Crippen LogP contribution in [0.2, 0.25) is 0 Å². The van der Waals surface area contributed by atoms with E-state index in [-0.39, 0.29) is 48.1 Å². The molecule has 21 nitrogen and oxygen atoms in total. The van der Waals surface area contributed by atoms with Crippen LogP contribution < -0.4 is 0 Å². The average Bonchev–Trinajstić information content (AvgIpc) is 3.34. The molecule has 8 aliphatic rings. The molecule has 0 unspecified atom stereocenters. The van der Waals surface area contributed by atoms with Crippen LogP contribution >= 0.6 is 0 Å². The van der Waals surface area contributed by atoms with Gasteiger partial charge >= 0.3 is 11.9 Å². The van der Waals surface area contributed by atoms with E-state index in [4.69, 9.17) is 33.2 Å². The Morgan fingerprint density at radius 3 is 1.77 bits per heavy atom. The zero-order valence-electron chi connectivity index (χ0n) is 41.0. The Bertz CT molecular complexity index is 1940. The van der Waals surface area contributed by atoms with Crippen molar-refractivity contribution in [3.8, 4) is 0 Å². The molecule has 0 bridgehead atoms. The second-order valence-electron chi connectivity index (χ2n) is 23.2. The molecule has 5 aliphatic carbocycles. The van der Waals surface area contributed by atoms with E-state index in [1.165, 1.54) is 7.11 Å². The first kappa shape index (κ1) is 54.3. The Morgan fingerprint density at radius 2 is 1.17 bits per heavy atom. The highest BCUT2D eigenvalue weighted by Crippen LogP contribution is 2.76. The van der Waals surface area contributed by atoms with Gasteiger partial charge in [0.15, 0.2) is 12.6 Å². The third-order valence-electron chi connectivity index (χ3n) is 19.9. The molecule has 0 aromatic rings. The molecular weight excluding hydrogens is 925 g/mol. The summed E-state index contributed by atoms with van der Waals surface area (Å²) >= 11 is 0. The number of aliphatic hydroxyl groups is 12. The summed E-state index contributed by atoms with van der Waals surface area (Å²) in [4.78, 5) is 28.3. The molecule has 12 N–H and O–H groups in total. The number of carbonyl (C=O) groups is 2. The number of fused-ring (bicyclic) bond motifs is 7. The lowest BCUT2D eigenvalue weighted by molar-refractivity contribution is -0.369. The molecule has 0 spiro atoms. The molecule has 0 amide bonds. The standard InChI is InChI=1S/C49H78O21/c1-44(42(62)64-6)13-15-49(43(63)70-41-36(60)33(57)31(55)25(19-51)66-41)16-14-47(4)22(23(49)17-44)7-8-28-45(2)11-10-29(46(3,21-53)27(45)9-12-48(28,47)5)68-39-37(61)34(58)38(26(20-52)67-39)69-40-35(59)32(56)30(54)24(18-50)65-40/h7,23-41,50-61H,8-21H2,1-6H3/t23-,24+,25+,26+,27+,28+,29-,30+,31+,32-,33-,34+,35+,36+,37+,38+,39-,40-,41-,44-,45-,46-,47+,48+,49-/m0/s1. The minimum Gasteiger partial charge on any atom is -0.469 e.